The van der Waals surface area contributed by atoms with Crippen molar-refractivity contribution in [3.63, 3.8) is 0 Å². The van der Waals surface area contributed by atoms with Crippen LogP contribution in [0.25, 0.3) is 0 Å². The molecule has 0 atom stereocenters. The van der Waals surface area contributed by atoms with Crippen molar-refractivity contribution in [1.29, 1.82) is 0 Å². The van der Waals surface area contributed by atoms with Crippen LogP contribution in [-0.2, 0) is 0 Å². The third-order valence-corrected chi connectivity index (χ3v) is 1.22. The maximum absolute atomic E-state index is 5.18. The third kappa shape index (κ3) is 2.42. The molecule has 0 bridgehead atoms. The van der Waals surface area contributed by atoms with Crippen LogP contribution in [0.15, 0.2) is 12.1 Å². The zero-order valence-electron chi connectivity index (χ0n) is 7.33. The molecule has 0 saturated carbocycles. The van der Waals surface area contributed by atoms with E-state index >= 15 is 0 Å². The summed E-state index contributed by atoms with van der Waals surface area (Å²) >= 11 is 0. The molecule has 1 rings (SSSR count). The van der Waals surface area contributed by atoms with Gasteiger partial charge in [0.25, 0.3) is 0 Å². The van der Waals surface area contributed by atoms with E-state index in [1.807, 2.05) is 13.8 Å². The summed E-state index contributed by atoms with van der Waals surface area (Å²) in [6.45, 7) is 5.03. The molecule has 0 aliphatic rings. The molecule has 0 spiro atoms. The first kappa shape index (κ1) is 8.84. The van der Waals surface area contributed by atoms with Crippen LogP contribution in [0.1, 0.15) is 13.8 Å². The molecule has 0 aliphatic heterocycles. The van der Waals surface area contributed by atoms with Crippen molar-refractivity contribution < 1.29 is 9.47 Å². The fraction of sp³-hybridized carbons (Fsp3) is 0.444. The number of nitrogens with zero attached hydrogens (tertiary/aromatic N) is 1. The largest absolute Gasteiger partial charge is 0.478 e. The zero-order chi connectivity index (χ0) is 8.81. The van der Waals surface area contributed by atoms with Gasteiger partial charge in [-0.2, -0.15) is 4.98 Å². The Morgan fingerprint density at radius 2 is 2.08 bits per heavy atom. The van der Waals surface area contributed by atoms with Crippen molar-refractivity contribution in [2.75, 3.05) is 13.2 Å². The molecular formula is C9H12NO2. The number of aromatic nitrogens is 1. The highest BCUT2D eigenvalue weighted by Gasteiger charge is 1.97. The monoisotopic (exact) mass is 166 g/mol. The fourth-order valence-electron chi connectivity index (χ4n) is 0.793. The second-order valence-corrected chi connectivity index (χ2v) is 2.10. The first-order valence-corrected chi connectivity index (χ1v) is 4.01. The normalized spacial score (nSPS) is 9.50. The van der Waals surface area contributed by atoms with Crippen LogP contribution in [0.2, 0.25) is 0 Å². The van der Waals surface area contributed by atoms with Crippen molar-refractivity contribution in [2.45, 2.75) is 13.8 Å². The lowest BCUT2D eigenvalue weighted by atomic mass is 10.5. The Kier molecular flexibility index (Phi) is 3.38. The quantitative estimate of drug-likeness (QED) is 0.682. The highest BCUT2D eigenvalue weighted by Crippen LogP contribution is 2.12. The van der Waals surface area contributed by atoms with Crippen LogP contribution < -0.4 is 9.47 Å². The van der Waals surface area contributed by atoms with Crippen molar-refractivity contribution in [3.8, 4) is 11.8 Å². The molecule has 3 heteroatoms. The van der Waals surface area contributed by atoms with Gasteiger partial charge in [-0.15, -0.1) is 0 Å². The van der Waals surface area contributed by atoms with Crippen LogP contribution in [-0.4, -0.2) is 18.2 Å². The molecule has 0 N–H and O–H groups in total. The molecule has 1 aromatic heterocycles. The number of hydrogen-bond donors (Lipinski definition) is 0. The van der Waals surface area contributed by atoms with Gasteiger partial charge >= 0.3 is 0 Å². The predicted octanol–water partition coefficient (Wildman–Crippen LogP) is 1.68. The van der Waals surface area contributed by atoms with Crippen LogP contribution in [0.4, 0.5) is 0 Å². The summed E-state index contributed by atoms with van der Waals surface area (Å²) in [5.41, 5.74) is 0. The van der Waals surface area contributed by atoms with Gasteiger partial charge in [0.05, 0.1) is 13.2 Å². The molecule has 0 unspecified atom stereocenters. The SMILES string of the molecule is CCOc1[c]ccc(OCC)n1. The van der Waals surface area contributed by atoms with E-state index in [1.165, 1.54) is 0 Å². The summed E-state index contributed by atoms with van der Waals surface area (Å²) in [5.74, 6) is 1.07. The van der Waals surface area contributed by atoms with Gasteiger partial charge < -0.3 is 9.47 Å². The molecular weight excluding hydrogens is 154 g/mol. The average Bonchev–Trinajstić information content (AvgIpc) is 2.06. The number of rotatable bonds is 4. The van der Waals surface area contributed by atoms with Crippen molar-refractivity contribution in [2.24, 2.45) is 0 Å². The van der Waals surface area contributed by atoms with Gasteiger partial charge in [-0.1, -0.05) is 0 Å². The van der Waals surface area contributed by atoms with Crippen LogP contribution >= 0.6 is 0 Å². The second-order valence-electron chi connectivity index (χ2n) is 2.10. The molecule has 65 valence electrons. The Balaban J connectivity index is 2.67. The highest BCUT2D eigenvalue weighted by molar-refractivity contribution is 5.18. The Morgan fingerprint density at radius 1 is 1.33 bits per heavy atom. The van der Waals surface area contributed by atoms with E-state index in [0.29, 0.717) is 25.0 Å². The van der Waals surface area contributed by atoms with E-state index < -0.39 is 0 Å². The topological polar surface area (TPSA) is 31.4 Å². The van der Waals surface area contributed by atoms with Crippen molar-refractivity contribution in [3.05, 3.63) is 18.2 Å². The predicted molar refractivity (Wildman–Crippen MR) is 45.4 cm³/mol. The van der Waals surface area contributed by atoms with E-state index in [-0.39, 0.29) is 0 Å². The van der Waals surface area contributed by atoms with Gasteiger partial charge in [0.1, 0.15) is 0 Å². The molecule has 0 saturated heterocycles. The summed E-state index contributed by atoms with van der Waals surface area (Å²) in [6, 6.07) is 6.35. The van der Waals surface area contributed by atoms with E-state index in [1.54, 1.807) is 12.1 Å². The third-order valence-electron chi connectivity index (χ3n) is 1.22. The first-order chi connectivity index (χ1) is 5.86. The van der Waals surface area contributed by atoms with Crippen LogP contribution in [0, 0.1) is 6.07 Å². The van der Waals surface area contributed by atoms with E-state index in [4.69, 9.17) is 9.47 Å². The van der Waals surface area contributed by atoms with Crippen LogP contribution in [0.3, 0.4) is 0 Å². The number of pyridine rings is 1. The van der Waals surface area contributed by atoms with Gasteiger partial charge in [0, 0.05) is 12.1 Å². The molecule has 1 heterocycles. The van der Waals surface area contributed by atoms with Crippen molar-refractivity contribution >= 4 is 0 Å². The molecule has 1 radical (unpaired) electrons. The number of hydrogen-bond acceptors (Lipinski definition) is 3. The molecule has 0 amide bonds. The van der Waals surface area contributed by atoms with Gasteiger partial charge in [-0.25, -0.2) is 0 Å². The molecule has 0 aliphatic carbocycles. The molecule has 12 heavy (non-hydrogen) atoms. The average molecular weight is 166 g/mol. The van der Waals surface area contributed by atoms with Gasteiger partial charge in [0.2, 0.25) is 11.8 Å². The minimum atomic E-state index is 0.489. The molecule has 0 fully saturated rings. The summed E-state index contributed by atoms with van der Waals surface area (Å²) in [6.07, 6.45) is 0. The van der Waals surface area contributed by atoms with E-state index in [2.05, 4.69) is 11.1 Å². The summed E-state index contributed by atoms with van der Waals surface area (Å²) in [4.78, 5) is 4.05. The molecule has 0 aromatic carbocycles. The van der Waals surface area contributed by atoms with Crippen LogP contribution in [0.5, 0.6) is 11.8 Å². The Bertz CT molecular complexity index is 216. The Hall–Kier alpha value is -1.25. The van der Waals surface area contributed by atoms with E-state index in [9.17, 15) is 0 Å². The Morgan fingerprint density at radius 3 is 2.75 bits per heavy atom. The minimum Gasteiger partial charge on any atom is -0.478 e. The smallest absolute Gasteiger partial charge is 0.224 e. The van der Waals surface area contributed by atoms with E-state index in [0.717, 1.165) is 0 Å². The fourth-order valence-corrected chi connectivity index (χ4v) is 0.793. The van der Waals surface area contributed by atoms with Gasteiger partial charge in [-0.05, 0) is 19.9 Å². The molecule has 1 aromatic rings. The van der Waals surface area contributed by atoms with Gasteiger partial charge in [-0.3, -0.25) is 0 Å². The number of ether oxygens (including phenoxy) is 2. The summed E-state index contributed by atoms with van der Waals surface area (Å²) < 4.78 is 10.3. The zero-order valence-corrected chi connectivity index (χ0v) is 7.33. The van der Waals surface area contributed by atoms with Crippen molar-refractivity contribution in [1.82, 2.24) is 4.98 Å². The lowest BCUT2D eigenvalue weighted by Crippen LogP contribution is -1.98. The summed E-state index contributed by atoms with van der Waals surface area (Å²) in [7, 11) is 0. The molecule has 3 nitrogen and oxygen atoms in total. The maximum atomic E-state index is 5.18. The summed E-state index contributed by atoms with van der Waals surface area (Å²) in [5, 5.41) is 0. The highest BCUT2D eigenvalue weighted by atomic mass is 16.5. The standard InChI is InChI=1S/C9H12NO2/c1-3-11-8-6-5-7-9(10-8)12-4-2/h5-6H,3-4H2,1-2H3. The second kappa shape index (κ2) is 4.59. The lowest BCUT2D eigenvalue weighted by molar-refractivity contribution is 0.298. The Labute approximate surface area is 72.3 Å². The minimum absolute atomic E-state index is 0.489. The lowest BCUT2D eigenvalue weighted by Gasteiger charge is -2.03. The van der Waals surface area contributed by atoms with Gasteiger partial charge in [0.15, 0.2) is 0 Å². The maximum Gasteiger partial charge on any atom is 0.224 e. The first-order valence-electron chi connectivity index (χ1n) is 4.01.